The highest BCUT2D eigenvalue weighted by Gasteiger charge is 2.11. The molecule has 0 unspecified atom stereocenters. The molecule has 0 bridgehead atoms. The highest BCUT2D eigenvalue weighted by Crippen LogP contribution is 2.08. The van der Waals surface area contributed by atoms with E-state index in [1.807, 2.05) is 47.2 Å². The van der Waals surface area contributed by atoms with E-state index in [-0.39, 0.29) is 24.8 Å². The van der Waals surface area contributed by atoms with Gasteiger partial charge in [0.1, 0.15) is 5.69 Å². The van der Waals surface area contributed by atoms with E-state index >= 15 is 0 Å². The number of aromatic nitrogens is 1. The Labute approximate surface area is 129 Å². The molecule has 116 valence electrons. The van der Waals surface area contributed by atoms with Crippen LogP contribution in [0.25, 0.3) is 0 Å². The standard InChI is InChI=1S/C17H20N2O3/c1-2-22-16(20)10-11-18-17(21)15-9-6-12-19(15)13-14-7-4-3-5-8-14/h3-9,12H,2,10-11,13H2,1H3,(H,18,21). The predicted molar refractivity (Wildman–Crippen MR) is 83.6 cm³/mol. The van der Waals surface area contributed by atoms with E-state index in [4.69, 9.17) is 4.74 Å². The minimum absolute atomic E-state index is 0.180. The first-order valence-corrected chi connectivity index (χ1v) is 7.33. The number of carbonyl (C=O) groups is 2. The zero-order chi connectivity index (χ0) is 15.8. The van der Waals surface area contributed by atoms with Crippen molar-refractivity contribution in [2.45, 2.75) is 19.9 Å². The largest absolute Gasteiger partial charge is 0.466 e. The summed E-state index contributed by atoms with van der Waals surface area (Å²) in [5.74, 6) is -0.493. The third kappa shape index (κ3) is 4.48. The van der Waals surface area contributed by atoms with Gasteiger partial charge in [0.2, 0.25) is 0 Å². The van der Waals surface area contributed by atoms with Crippen LogP contribution in [0.2, 0.25) is 0 Å². The molecule has 0 atom stereocenters. The molecule has 1 aromatic heterocycles. The summed E-state index contributed by atoms with van der Waals surface area (Å²) in [6, 6.07) is 13.5. The SMILES string of the molecule is CCOC(=O)CCNC(=O)c1cccn1Cc1ccccc1. The fraction of sp³-hybridized carbons (Fsp3) is 0.294. The zero-order valence-electron chi connectivity index (χ0n) is 12.6. The first-order valence-electron chi connectivity index (χ1n) is 7.33. The second kappa shape index (κ2) is 8.02. The molecule has 0 saturated carbocycles. The zero-order valence-corrected chi connectivity index (χ0v) is 12.6. The number of hydrogen-bond donors (Lipinski definition) is 1. The Morgan fingerprint density at radius 3 is 2.64 bits per heavy atom. The molecule has 1 aromatic carbocycles. The van der Waals surface area contributed by atoms with Gasteiger partial charge >= 0.3 is 5.97 Å². The van der Waals surface area contributed by atoms with Crippen LogP contribution >= 0.6 is 0 Å². The first-order chi connectivity index (χ1) is 10.7. The summed E-state index contributed by atoms with van der Waals surface area (Å²) in [6.45, 7) is 3.02. The molecule has 1 amide bonds. The number of esters is 1. The van der Waals surface area contributed by atoms with Crippen LogP contribution in [-0.4, -0.2) is 29.6 Å². The number of rotatable bonds is 7. The van der Waals surface area contributed by atoms with Crippen LogP contribution in [-0.2, 0) is 16.1 Å². The van der Waals surface area contributed by atoms with Gasteiger partial charge in [-0.05, 0) is 24.6 Å². The topological polar surface area (TPSA) is 60.3 Å². The lowest BCUT2D eigenvalue weighted by Crippen LogP contribution is -2.28. The van der Waals surface area contributed by atoms with E-state index in [0.717, 1.165) is 5.56 Å². The van der Waals surface area contributed by atoms with E-state index in [1.165, 1.54) is 0 Å². The van der Waals surface area contributed by atoms with Gasteiger partial charge in [0.05, 0.1) is 13.0 Å². The normalized spacial score (nSPS) is 10.2. The molecule has 5 nitrogen and oxygen atoms in total. The van der Waals surface area contributed by atoms with Gasteiger partial charge in [-0.3, -0.25) is 9.59 Å². The number of ether oxygens (including phenoxy) is 1. The number of nitrogens with zero attached hydrogens (tertiary/aromatic N) is 1. The first kappa shape index (κ1) is 15.8. The monoisotopic (exact) mass is 300 g/mol. The van der Waals surface area contributed by atoms with Crippen LogP contribution in [0.15, 0.2) is 48.7 Å². The van der Waals surface area contributed by atoms with Gasteiger partial charge in [-0.1, -0.05) is 30.3 Å². The van der Waals surface area contributed by atoms with Crippen molar-refractivity contribution >= 4 is 11.9 Å². The summed E-state index contributed by atoms with van der Waals surface area (Å²) in [6.07, 6.45) is 2.05. The van der Waals surface area contributed by atoms with Crippen molar-refractivity contribution in [3.63, 3.8) is 0 Å². The van der Waals surface area contributed by atoms with Gasteiger partial charge < -0.3 is 14.6 Å². The summed E-state index contributed by atoms with van der Waals surface area (Å²) < 4.78 is 6.71. The maximum absolute atomic E-state index is 12.2. The third-order valence-corrected chi connectivity index (χ3v) is 3.18. The van der Waals surface area contributed by atoms with Crippen LogP contribution in [0.4, 0.5) is 0 Å². The van der Waals surface area contributed by atoms with E-state index in [1.54, 1.807) is 13.0 Å². The highest BCUT2D eigenvalue weighted by atomic mass is 16.5. The lowest BCUT2D eigenvalue weighted by molar-refractivity contribution is -0.142. The van der Waals surface area contributed by atoms with Gasteiger partial charge in [-0.15, -0.1) is 0 Å². The van der Waals surface area contributed by atoms with Crippen LogP contribution < -0.4 is 5.32 Å². The lowest BCUT2D eigenvalue weighted by Gasteiger charge is -2.10. The van der Waals surface area contributed by atoms with Crippen molar-refractivity contribution in [2.75, 3.05) is 13.2 Å². The molecule has 0 aliphatic rings. The van der Waals surface area contributed by atoms with E-state index in [0.29, 0.717) is 18.8 Å². The van der Waals surface area contributed by atoms with Crippen LogP contribution in [0.3, 0.4) is 0 Å². The van der Waals surface area contributed by atoms with E-state index in [9.17, 15) is 9.59 Å². The molecule has 22 heavy (non-hydrogen) atoms. The van der Waals surface area contributed by atoms with Gasteiger partial charge in [-0.2, -0.15) is 0 Å². The minimum Gasteiger partial charge on any atom is -0.466 e. The predicted octanol–water partition coefficient (Wildman–Crippen LogP) is 2.22. The quantitative estimate of drug-likeness (QED) is 0.798. The Kier molecular flexibility index (Phi) is 5.77. The summed E-state index contributed by atoms with van der Waals surface area (Å²) in [5.41, 5.74) is 1.70. The molecule has 0 radical (unpaired) electrons. The van der Waals surface area contributed by atoms with Gasteiger partial charge in [-0.25, -0.2) is 0 Å². The Hall–Kier alpha value is -2.56. The molecular weight excluding hydrogens is 280 g/mol. The van der Waals surface area contributed by atoms with Crippen molar-refractivity contribution < 1.29 is 14.3 Å². The Balaban J connectivity index is 1.91. The van der Waals surface area contributed by atoms with E-state index < -0.39 is 0 Å². The molecule has 5 heteroatoms. The molecule has 1 heterocycles. The average molecular weight is 300 g/mol. The minimum atomic E-state index is -0.303. The third-order valence-electron chi connectivity index (χ3n) is 3.18. The lowest BCUT2D eigenvalue weighted by atomic mass is 10.2. The Bertz CT molecular complexity index is 620. The molecule has 1 N–H and O–H groups in total. The van der Waals surface area contributed by atoms with Gasteiger partial charge in [0.15, 0.2) is 0 Å². The Morgan fingerprint density at radius 2 is 1.91 bits per heavy atom. The van der Waals surface area contributed by atoms with Gasteiger partial charge in [0.25, 0.3) is 5.91 Å². The summed E-state index contributed by atoms with van der Waals surface area (Å²) in [4.78, 5) is 23.4. The van der Waals surface area contributed by atoms with Crippen molar-refractivity contribution in [2.24, 2.45) is 0 Å². The maximum atomic E-state index is 12.2. The number of amides is 1. The summed E-state index contributed by atoms with van der Waals surface area (Å²) in [7, 11) is 0. The maximum Gasteiger partial charge on any atom is 0.307 e. The van der Waals surface area contributed by atoms with Crippen LogP contribution in [0.1, 0.15) is 29.4 Å². The van der Waals surface area contributed by atoms with Gasteiger partial charge in [0, 0.05) is 19.3 Å². The molecular formula is C17H20N2O3. The summed E-state index contributed by atoms with van der Waals surface area (Å²) >= 11 is 0. The second-order valence-corrected chi connectivity index (χ2v) is 4.82. The molecule has 2 rings (SSSR count). The molecule has 0 fully saturated rings. The highest BCUT2D eigenvalue weighted by molar-refractivity contribution is 5.92. The number of benzene rings is 1. The van der Waals surface area contributed by atoms with Crippen molar-refractivity contribution in [3.8, 4) is 0 Å². The average Bonchev–Trinajstić information content (AvgIpc) is 2.96. The molecule has 0 spiro atoms. The molecule has 2 aromatic rings. The van der Waals surface area contributed by atoms with Crippen LogP contribution in [0, 0.1) is 0 Å². The number of hydrogen-bond acceptors (Lipinski definition) is 3. The van der Waals surface area contributed by atoms with Crippen molar-refractivity contribution in [3.05, 3.63) is 59.9 Å². The fourth-order valence-corrected chi connectivity index (χ4v) is 2.14. The van der Waals surface area contributed by atoms with Crippen molar-refractivity contribution in [1.82, 2.24) is 9.88 Å². The van der Waals surface area contributed by atoms with Crippen LogP contribution in [0.5, 0.6) is 0 Å². The molecule has 0 saturated heterocycles. The second-order valence-electron chi connectivity index (χ2n) is 4.82. The fourth-order valence-electron chi connectivity index (χ4n) is 2.14. The number of nitrogens with one attached hydrogen (secondary N) is 1. The number of carbonyl (C=O) groups excluding carboxylic acids is 2. The molecule has 0 aliphatic carbocycles. The smallest absolute Gasteiger partial charge is 0.307 e. The van der Waals surface area contributed by atoms with E-state index in [2.05, 4.69) is 5.32 Å². The summed E-state index contributed by atoms with van der Waals surface area (Å²) in [5, 5.41) is 2.74. The molecule has 0 aliphatic heterocycles. The Morgan fingerprint density at radius 1 is 1.14 bits per heavy atom. The van der Waals surface area contributed by atoms with Crippen molar-refractivity contribution in [1.29, 1.82) is 0 Å².